The summed E-state index contributed by atoms with van der Waals surface area (Å²) in [5.74, 6) is -0.213. The monoisotopic (exact) mass is 345 g/mol. The maximum atomic E-state index is 12.8. The van der Waals surface area contributed by atoms with Gasteiger partial charge in [0.2, 0.25) is 0 Å². The fourth-order valence-electron chi connectivity index (χ4n) is 1.70. The van der Waals surface area contributed by atoms with Gasteiger partial charge in [-0.05, 0) is 24.3 Å². The van der Waals surface area contributed by atoms with Gasteiger partial charge < -0.3 is 10.5 Å². The number of nitrogen functional groups attached to an aromatic ring is 1. The van der Waals surface area contributed by atoms with E-state index in [2.05, 4.69) is 15.9 Å². The molecule has 0 unspecified atom stereocenters. The van der Waals surface area contributed by atoms with Crippen LogP contribution >= 0.6 is 15.9 Å². The topological polar surface area (TPSA) is 35.2 Å². The quantitative estimate of drug-likeness (QED) is 0.823. The van der Waals surface area contributed by atoms with Crippen molar-refractivity contribution in [3.63, 3.8) is 0 Å². The Hall–Kier alpha value is -1.69. The van der Waals surface area contributed by atoms with Crippen LogP contribution in [0.3, 0.4) is 0 Å². The van der Waals surface area contributed by atoms with Crippen molar-refractivity contribution in [3.05, 3.63) is 58.1 Å². The van der Waals surface area contributed by atoms with Gasteiger partial charge in [0.15, 0.2) is 0 Å². The van der Waals surface area contributed by atoms with Crippen molar-refractivity contribution in [2.45, 2.75) is 12.8 Å². The van der Waals surface area contributed by atoms with Crippen LogP contribution in [0.25, 0.3) is 0 Å². The Balaban J connectivity index is 2.24. The van der Waals surface area contributed by atoms with Crippen molar-refractivity contribution in [3.8, 4) is 5.75 Å². The lowest BCUT2D eigenvalue weighted by atomic mass is 10.2. The SMILES string of the molecule is Nc1cccc(Br)c1COc1ccccc1C(F)(F)F. The number of alkyl halides is 3. The first-order valence-electron chi connectivity index (χ1n) is 5.71. The molecule has 0 radical (unpaired) electrons. The molecule has 0 saturated heterocycles. The first-order chi connectivity index (χ1) is 9.39. The molecule has 0 aliphatic rings. The van der Waals surface area contributed by atoms with E-state index in [1.54, 1.807) is 18.2 Å². The van der Waals surface area contributed by atoms with Crippen molar-refractivity contribution in [2.75, 3.05) is 5.73 Å². The van der Waals surface area contributed by atoms with Gasteiger partial charge >= 0.3 is 6.18 Å². The van der Waals surface area contributed by atoms with Gasteiger partial charge in [0.1, 0.15) is 12.4 Å². The van der Waals surface area contributed by atoms with Crippen LogP contribution in [-0.2, 0) is 12.8 Å². The average molecular weight is 346 g/mol. The molecular formula is C14H11BrF3NO. The molecule has 2 nitrogen and oxygen atoms in total. The summed E-state index contributed by atoms with van der Waals surface area (Å²) in [5, 5.41) is 0. The van der Waals surface area contributed by atoms with E-state index in [4.69, 9.17) is 10.5 Å². The molecule has 0 saturated carbocycles. The summed E-state index contributed by atoms with van der Waals surface area (Å²) in [4.78, 5) is 0. The van der Waals surface area contributed by atoms with Crippen molar-refractivity contribution in [1.29, 1.82) is 0 Å². The zero-order chi connectivity index (χ0) is 14.8. The maximum absolute atomic E-state index is 12.8. The smallest absolute Gasteiger partial charge is 0.419 e. The number of nitrogens with two attached hydrogens (primary N) is 1. The standard InChI is InChI=1S/C14H11BrF3NO/c15-11-5-3-6-12(19)9(11)8-20-13-7-2-1-4-10(13)14(16,17)18/h1-7H,8,19H2. The molecule has 20 heavy (non-hydrogen) atoms. The molecule has 0 aromatic heterocycles. The molecule has 0 spiro atoms. The molecule has 0 fully saturated rings. The molecule has 2 N–H and O–H groups in total. The predicted octanol–water partition coefficient (Wildman–Crippen LogP) is 4.63. The third-order valence-corrected chi connectivity index (χ3v) is 3.46. The van der Waals surface area contributed by atoms with Crippen LogP contribution in [0.4, 0.5) is 18.9 Å². The van der Waals surface area contributed by atoms with Gasteiger partial charge in [-0.2, -0.15) is 13.2 Å². The molecule has 0 heterocycles. The highest BCUT2D eigenvalue weighted by atomic mass is 79.9. The normalized spacial score (nSPS) is 11.4. The van der Waals surface area contributed by atoms with E-state index in [0.29, 0.717) is 15.7 Å². The third kappa shape index (κ3) is 3.25. The molecule has 0 aliphatic carbocycles. The van der Waals surface area contributed by atoms with Crippen molar-refractivity contribution >= 4 is 21.6 Å². The lowest BCUT2D eigenvalue weighted by Gasteiger charge is -2.15. The molecule has 2 aromatic rings. The number of hydrogen-bond donors (Lipinski definition) is 1. The summed E-state index contributed by atoms with van der Waals surface area (Å²) < 4.78 is 44.4. The minimum Gasteiger partial charge on any atom is -0.488 e. The molecule has 6 heteroatoms. The number of ether oxygens (including phenoxy) is 1. The zero-order valence-corrected chi connectivity index (χ0v) is 11.8. The van der Waals surface area contributed by atoms with Crippen LogP contribution < -0.4 is 10.5 Å². The molecule has 2 aromatic carbocycles. The Morgan fingerprint density at radius 2 is 1.75 bits per heavy atom. The lowest BCUT2D eigenvalue weighted by Crippen LogP contribution is -2.09. The fourth-order valence-corrected chi connectivity index (χ4v) is 2.20. The van der Waals surface area contributed by atoms with Gasteiger partial charge in [0, 0.05) is 15.7 Å². The summed E-state index contributed by atoms with van der Waals surface area (Å²) in [6, 6.07) is 10.3. The van der Waals surface area contributed by atoms with Gasteiger partial charge in [-0.15, -0.1) is 0 Å². The first kappa shape index (κ1) is 14.7. The van der Waals surface area contributed by atoms with E-state index in [-0.39, 0.29) is 12.4 Å². The van der Waals surface area contributed by atoms with Crippen molar-refractivity contribution < 1.29 is 17.9 Å². The van der Waals surface area contributed by atoms with E-state index >= 15 is 0 Å². The van der Waals surface area contributed by atoms with Gasteiger partial charge in [0.05, 0.1) is 5.56 Å². The average Bonchev–Trinajstić information content (AvgIpc) is 2.37. The maximum Gasteiger partial charge on any atom is 0.419 e. The molecule has 2 rings (SSSR count). The number of benzene rings is 2. The minimum absolute atomic E-state index is 0.0413. The molecule has 0 atom stereocenters. The third-order valence-electron chi connectivity index (χ3n) is 2.72. The second-order valence-electron chi connectivity index (χ2n) is 4.09. The molecule has 0 bridgehead atoms. The van der Waals surface area contributed by atoms with Crippen LogP contribution in [0.5, 0.6) is 5.75 Å². The van der Waals surface area contributed by atoms with E-state index < -0.39 is 11.7 Å². The van der Waals surface area contributed by atoms with Crippen LogP contribution in [0.15, 0.2) is 46.9 Å². The first-order valence-corrected chi connectivity index (χ1v) is 6.51. The fraction of sp³-hybridized carbons (Fsp3) is 0.143. The van der Waals surface area contributed by atoms with Gasteiger partial charge in [-0.25, -0.2) is 0 Å². The highest BCUT2D eigenvalue weighted by Gasteiger charge is 2.34. The van der Waals surface area contributed by atoms with Crippen LogP contribution in [-0.4, -0.2) is 0 Å². The number of rotatable bonds is 3. The minimum atomic E-state index is -4.45. The second kappa shape index (κ2) is 5.75. The van der Waals surface area contributed by atoms with E-state index in [0.717, 1.165) is 6.07 Å². The largest absolute Gasteiger partial charge is 0.488 e. The van der Waals surface area contributed by atoms with E-state index in [1.165, 1.54) is 18.2 Å². The van der Waals surface area contributed by atoms with Crippen LogP contribution in [0.2, 0.25) is 0 Å². The number of anilines is 1. The van der Waals surface area contributed by atoms with Gasteiger partial charge in [-0.3, -0.25) is 0 Å². The van der Waals surface area contributed by atoms with Crippen molar-refractivity contribution in [1.82, 2.24) is 0 Å². The Bertz CT molecular complexity index is 593. The van der Waals surface area contributed by atoms with Crippen molar-refractivity contribution in [2.24, 2.45) is 0 Å². The summed E-state index contributed by atoms with van der Waals surface area (Å²) in [6.07, 6.45) is -4.45. The van der Waals surface area contributed by atoms with E-state index in [9.17, 15) is 13.2 Å². The molecule has 106 valence electrons. The summed E-state index contributed by atoms with van der Waals surface area (Å²) in [6.45, 7) is -0.0413. The van der Waals surface area contributed by atoms with Gasteiger partial charge in [0.25, 0.3) is 0 Å². The van der Waals surface area contributed by atoms with Gasteiger partial charge in [-0.1, -0.05) is 34.1 Å². The number of hydrogen-bond acceptors (Lipinski definition) is 2. The Kier molecular flexibility index (Phi) is 4.23. The Morgan fingerprint density at radius 3 is 2.40 bits per heavy atom. The number of para-hydroxylation sites is 1. The summed E-state index contributed by atoms with van der Waals surface area (Å²) in [5.41, 5.74) is 6.05. The van der Waals surface area contributed by atoms with E-state index in [1.807, 2.05) is 0 Å². The summed E-state index contributed by atoms with van der Waals surface area (Å²) >= 11 is 3.30. The zero-order valence-electron chi connectivity index (χ0n) is 10.2. The highest BCUT2D eigenvalue weighted by molar-refractivity contribution is 9.10. The molecule has 0 aliphatic heterocycles. The summed E-state index contributed by atoms with van der Waals surface area (Å²) in [7, 11) is 0. The van der Waals surface area contributed by atoms with Crippen LogP contribution in [0, 0.1) is 0 Å². The predicted molar refractivity (Wildman–Crippen MR) is 74.3 cm³/mol. The molecular weight excluding hydrogens is 335 g/mol. The second-order valence-corrected chi connectivity index (χ2v) is 4.94. The van der Waals surface area contributed by atoms with Crippen LogP contribution in [0.1, 0.15) is 11.1 Å². The molecule has 0 amide bonds. The Morgan fingerprint density at radius 1 is 1.05 bits per heavy atom. The highest BCUT2D eigenvalue weighted by Crippen LogP contribution is 2.36. The Labute approximate surface area is 122 Å². The lowest BCUT2D eigenvalue weighted by molar-refractivity contribution is -0.139. The number of halogens is 4.